The van der Waals surface area contributed by atoms with Crippen LogP contribution in [0.25, 0.3) is 11.0 Å². The van der Waals surface area contributed by atoms with Crippen molar-refractivity contribution in [2.24, 2.45) is 5.73 Å². The van der Waals surface area contributed by atoms with Crippen LogP contribution in [0.4, 0.5) is 5.95 Å². The number of imidazole rings is 1. The molecule has 2 aromatic rings. The van der Waals surface area contributed by atoms with Gasteiger partial charge in [-0.3, -0.25) is 4.79 Å². The Morgan fingerprint density at radius 2 is 2.22 bits per heavy atom. The molecule has 1 aromatic carbocycles. The van der Waals surface area contributed by atoms with E-state index in [2.05, 4.69) is 4.98 Å². The summed E-state index contributed by atoms with van der Waals surface area (Å²) in [6, 6.07) is 5.48. The first-order valence-electron chi connectivity index (χ1n) is 5.68. The molecule has 0 saturated heterocycles. The van der Waals surface area contributed by atoms with Crippen LogP contribution in [0.2, 0.25) is 0 Å². The molecule has 0 spiro atoms. The van der Waals surface area contributed by atoms with E-state index in [1.54, 1.807) is 4.57 Å². The van der Waals surface area contributed by atoms with Gasteiger partial charge in [0.2, 0.25) is 11.9 Å². The minimum Gasteiger partial charge on any atom is -0.489 e. The number of aromatic nitrogens is 2. The van der Waals surface area contributed by atoms with Crippen LogP contribution in [0, 0.1) is 0 Å². The number of hydrogen-bond acceptors (Lipinski definition) is 4. The Labute approximate surface area is 105 Å². The summed E-state index contributed by atoms with van der Waals surface area (Å²) in [5.74, 6) is 0.442. The molecule has 0 aliphatic rings. The van der Waals surface area contributed by atoms with E-state index in [1.807, 2.05) is 32.0 Å². The third-order valence-electron chi connectivity index (χ3n) is 2.45. The normalized spacial score (nSPS) is 11.1. The molecule has 0 fully saturated rings. The van der Waals surface area contributed by atoms with Crippen LogP contribution in [-0.4, -0.2) is 21.6 Å². The third kappa shape index (κ3) is 2.22. The van der Waals surface area contributed by atoms with Crippen molar-refractivity contribution in [1.82, 2.24) is 9.55 Å². The van der Waals surface area contributed by atoms with Gasteiger partial charge in [0.25, 0.3) is 0 Å². The summed E-state index contributed by atoms with van der Waals surface area (Å²) in [5, 5.41) is 0. The lowest BCUT2D eigenvalue weighted by atomic mass is 10.3. The Bertz CT molecular complexity index is 589. The largest absolute Gasteiger partial charge is 0.489 e. The smallest absolute Gasteiger partial charge is 0.237 e. The molecule has 4 N–H and O–H groups in total. The zero-order valence-electron chi connectivity index (χ0n) is 10.4. The van der Waals surface area contributed by atoms with Gasteiger partial charge >= 0.3 is 0 Å². The third-order valence-corrected chi connectivity index (χ3v) is 2.45. The lowest BCUT2D eigenvalue weighted by molar-refractivity contribution is -0.118. The first-order chi connectivity index (χ1) is 8.49. The predicted molar refractivity (Wildman–Crippen MR) is 69.1 cm³/mol. The summed E-state index contributed by atoms with van der Waals surface area (Å²) in [6.07, 6.45) is 0.0399. The maximum absolute atomic E-state index is 11.0. The van der Waals surface area contributed by atoms with Gasteiger partial charge in [0.05, 0.1) is 11.6 Å². The Kier molecular flexibility index (Phi) is 3.10. The molecule has 1 amide bonds. The van der Waals surface area contributed by atoms with E-state index in [1.165, 1.54) is 0 Å². The van der Waals surface area contributed by atoms with Crippen LogP contribution < -0.4 is 16.2 Å². The minimum atomic E-state index is -0.462. The number of nitrogen functional groups attached to an aromatic ring is 1. The molecule has 0 radical (unpaired) electrons. The maximum atomic E-state index is 11.0. The molecule has 6 heteroatoms. The molecular formula is C12H16N4O2. The topological polar surface area (TPSA) is 96.2 Å². The lowest BCUT2D eigenvalue weighted by Gasteiger charge is -2.10. The second-order valence-corrected chi connectivity index (χ2v) is 4.31. The Balaban J connectivity index is 2.55. The highest BCUT2D eigenvalue weighted by atomic mass is 16.5. The predicted octanol–water partition coefficient (Wildman–Crippen LogP) is 0.891. The first-order valence-corrected chi connectivity index (χ1v) is 5.68. The highest BCUT2D eigenvalue weighted by molar-refractivity contribution is 5.86. The van der Waals surface area contributed by atoms with Crippen molar-refractivity contribution in [2.75, 3.05) is 5.73 Å². The van der Waals surface area contributed by atoms with E-state index in [0.717, 1.165) is 5.52 Å². The van der Waals surface area contributed by atoms with E-state index in [9.17, 15) is 4.79 Å². The number of nitrogens with zero attached hydrogens (tertiary/aromatic N) is 2. The van der Waals surface area contributed by atoms with Crippen LogP contribution in [0.5, 0.6) is 5.75 Å². The van der Waals surface area contributed by atoms with Crippen LogP contribution in [0.3, 0.4) is 0 Å². The second-order valence-electron chi connectivity index (χ2n) is 4.31. The van der Waals surface area contributed by atoms with E-state index < -0.39 is 5.91 Å². The molecule has 1 heterocycles. The average molecular weight is 248 g/mol. The maximum Gasteiger partial charge on any atom is 0.237 e. The van der Waals surface area contributed by atoms with Crippen molar-refractivity contribution in [3.63, 3.8) is 0 Å². The number of ether oxygens (including phenoxy) is 1. The van der Waals surface area contributed by atoms with Gasteiger partial charge in [-0.25, -0.2) is 4.98 Å². The molecule has 0 aliphatic carbocycles. The van der Waals surface area contributed by atoms with Gasteiger partial charge in [0, 0.05) is 0 Å². The Hall–Kier alpha value is -2.24. The van der Waals surface area contributed by atoms with E-state index in [4.69, 9.17) is 16.2 Å². The lowest BCUT2D eigenvalue weighted by Crippen LogP contribution is -2.19. The molecule has 6 nitrogen and oxygen atoms in total. The van der Waals surface area contributed by atoms with Gasteiger partial charge < -0.3 is 20.8 Å². The van der Waals surface area contributed by atoms with Gasteiger partial charge in [-0.2, -0.15) is 0 Å². The van der Waals surface area contributed by atoms with Crippen molar-refractivity contribution in [3.05, 3.63) is 18.2 Å². The molecule has 1 aromatic heterocycles. The Morgan fingerprint density at radius 3 is 2.83 bits per heavy atom. The van der Waals surface area contributed by atoms with E-state index in [0.29, 0.717) is 11.3 Å². The monoisotopic (exact) mass is 248 g/mol. The molecule has 0 aliphatic heterocycles. The van der Waals surface area contributed by atoms with E-state index in [-0.39, 0.29) is 18.6 Å². The van der Waals surface area contributed by atoms with Crippen LogP contribution in [0.15, 0.2) is 18.2 Å². The number of primary amides is 1. The van der Waals surface area contributed by atoms with Crippen molar-refractivity contribution < 1.29 is 9.53 Å². The zero-order chi connectivity index (χ0) is 13.3. The highest BCUT2D eigenvalue weighted by Gasteiger charge is 2.14. The van der Waals surface area contributed by atoms with Gasteiger partial charge in [0.15, 0.2) is 0 Å². The van der Waals surface area contributed by atoms with Crippen molar-refractivity contribution in [3.8, 4) is 5.75 Å². The SMILES string of the molecule is CC(C)Oc1cccc2c1nc(N)n2CC(N)=O. The zero-order valence-corrected chi connectivity index (χ0v) is 10.4. The van der Waals surface area contributed by atoms with Crippen LogP contribution >= 0.6 is 0 Å². The average Bonchev–Trinajstić information content (AvgIpc) is 2.56. The fourth-order valence-corrected chi connectivity index (χ4v) is 1.81. The van der Waals surface area contributed by atoms with Gasteiger partial charge in [-0.1, -0.05) is 6.07 Å². The summed E-state index contributed by atoms with van der Waals surface area (Å²) in [6.45, 7) is 3.87. The first kappa shape index (κ1) is 12.2. The quantitative estimate of drug-likeness (QED) is 0.839. The fraction of sp³-hybridized carbons (Fsp3) is 0.333. The molecule has 0 saturated carbocycles. The number of hydrogen-bond donors (Lipinski definition) is 2. The number of carbonyl (C=O) groups excluding carboxylic acids is 1. The molecule has 0 bridgehead atoms. The number of amides is 1. The van der Waals surface area contributed by atoms with Crippen molar-refractivity contribution >= 4 is 22.9 Å². The summed E-state index contributed by atoms with van der Waals surface area (Å²) in [5.41, 5.74) is 12.4. The molecule has 0 unspecified atom stereocenters. The van der Waals surface area contributed by atoms with Crippen LogP contribution in [-0.2, 0) is 11.3 Å². The van der Waals surface area contributed by atoms with Crippen molar-refractivity contribution in [1.29, 1.82) is 0 Å². The van der Waals surface area contributed by atoms with Crippen molar-refractivity contribution in [2.45, 2.75) is 26.5 Å². The minimum absolute atomic E-state index is 0.00741. The number of benzene rings is 1. The summed E-state index contributed by atoms with van der Waals surface area (Å²) < 4.78 is 7.23. The molecule has 18 heavy (non-hydrogen) atoms. The number of fused-ring (bicyclic) bond motifs is 1. The molecular weight excluding hydrogens is 232 g/mol. The fourth-order valence-electron chi connectivity index (χ4n) is 1.81. The number of nitrogens with two attached hydrogens (primary N) is 2. The van der Waals surface area contributed by atoms with Gasteiger partial charge in [0.1, 0.15) is 17.8 Å². The number of carbonyl (C=O) groups is 1. The Morgan fingerprint density at radius 1 is 1.50 bits per heavy atom. The molecule has 2 rings (SSSR count). The summed E-state index contributed by atoms with van der Waals surface area (Å²) in [7, 11) is 0. The second kappa shape index (κ2) is 4.56. The van der Waals surface area contributed by atoms with Gasteiger partial charge in [-0.05, 0) is 26.0 Å². The number of rotatable bonds is 4. The standard InChI is InChI=1S/C12H16N4O2/c1-7(2)18-9-5-3-4-8-11(9)15-12(14)16(8)6-10(13)17/h3-5,7H,6H2,1-2H3,(H2,13,17)(H2,14,15). The van der Waals surface area contributed by atoms with Crippen LogP contribution in [0.1, 0.15) is 13.8 Å². The number of para-hydroxylation sites is 1. The van der Waals surface area contributed by atoms with E-state index >= 15 is 0 Å². The molecule has 96 valence electrons. The molecule has 0 atom stereocenters. The highest BCUT2D eigenvalue weighted by Crippen LogP contribution is 2.27. The number of anilines is 1. The summed E-state index contributed by atoms with van der Waals surface area (Å²) in [4.78, 5) is 15.2. The van der Waals surface area contributed by atoms with Gasteiger partial charge in [-0.15, -0.1) is 0 Å². The summed E-state index contributed by atoms with van der Waals surface area (Å²) >= 11 is 0.